The van der Waals surface area contributed by atoms with Crippen LogP contribution in [-0.4, -0.2) is 6.54 Å². The first kappa shape index (κ1) is 15.3. The van der Waals surface area contributed by atoms with Gasteiger partial charge >= 0.3 is 0 Å². The van der Waals surface area contributed by atoms with Gasteiger partial charge in [0, 0.05) is 16.1 Å². The summed E-state index contributed by atoms with van der Waals surface area (Å²) in [6.07, 6.45) is 5.92. The molecule has 1 saturated carbocycles. The Morgan fingerprint density at radius 2 is 2.21 bits per heavy atom. The molecular weight excluding hydrogens is 329 g/mol. The second kappa shape index (κ2) is 7.05. The maximum Gasteiger partial charge on any atom is 0.147 e. The molecule has 4 heteroatoms. The van der Waals surface area contributed by atoms with Crippen LogP contribution in [0.5, 0.6) is 0 Å². The van der Waals surface area contributed by atoms with E-state index in [1.54, 1.807) is 0 Å². The summed E-state index contributed by atoms with van der Waals surface area (Å²) in [6, 6.07) is 3.76. The summed E-state index contributed by atoms with van der Waals surface area (Å²) < 4.78 is 14.9. The largest absolute Gasteiger partial charge is 0.310 e. The summed E-state index contributed by atoms with van der Waals surface area (Å²) in [5.74, 6) is 0.445. The van der Waals surface area contributed by atoms with E-state index in [9.17, 15) is 4.39 Å². The Labute approximate surface area is 128 Å². The predicted octanol–water partition coefficient (Wildman–Crippen LogP) is 5.47. The smallest absolute Gasteiger partial charge is 0.147 e. The molecule has 1 unspecified atom stereocenters. The third-order valence-corrected chi connectivity index (χ3v) is 5.13. The summed E-state index contributed by atoms with van der Waals surface area (Å²) in [6.45, 7) is 3.03. The second-order valence-electron chi connectivity index (χ2n) is 5.30. The van der Waals surface area contributed by atoms with Crippen LogP contribution in [0.15, 0.2) is 16.6 Å². The maximum atomic E-state index is 14.3. The molecule has 19 heavy (non-hydrogen) atoms. The van der Waals surface area contributed by atoms with Gasteiger partial charge in [0.25, 0.3) is 0 Å². The molecule has 1 N–H and O–H groups in total. The van der Waals surface area contributed by atoms with Crippen LogP contribution < -0.4 is 5.32 Å². The van der Waals surface area contributed by atoms with Crippen LogP contribution in [0.2, 0.25) is 5.02 Å². The zero-order valence-electron chi connectivity index (χ0n) is 11.2. The van der Waals surface area contributed by atoms with Crippen LogP contribution in [0.4, 0.5) is 4.39 Å². The van der Waals surface area contributed by atoms with E-state index < -0.39 is 0 Å². The summed E-state index contributed by atoms with van der Waals surface area (Å²) in [4.78, 5) is 0. The van der Waals surface area contributed by atoms with Crippen LogP contribution in [0.1, 0.15) is 50.6 Å². The van der Waals surface area contributed by atoms with E-state index in [4.69, 9.17) is 11.6 Å². The van der Waals surface area contributed by atoms with Gasteiger partial charge in [-0.15, -0.1) is 0 Å². The van der Waals surface area contributed by atoms with Crippen LogP contribution in [-0.2, 0) is 0 Å². The van der Waals surface area contributed by atoms with Gasteiger partial charge in [0.15, 0.2) is 0 Å². The van der Waals surface area contributed by atoms with E-state index >= 15 is 0 Å². The van der Waals surface area contributed by atoms with Crippen molar-refractivity contribution in [1.29, 1.82) is 0 Å². The van der Waals surface area contributed by atoms with E-state index in [0.29, 0.717) is 10.0 Å². The SMILES string of the molecule is CCCNC(CC1CCC1)c1ccc(Br)c(Cl)c1F. The van der Waals surface area contributed by atoms with Crippen molar-refractivity contribution in [3.05, 3.63) is 33.0 Å². The van der Waals surface area contributed by atoms with Crippen LogP contribution >= 0.6 is 27.5 Å². The lowest BCUT2D eigenvalue weighted by Crippen LogP contribution is -2.27. The second-order valence-corrected chi connectivity index (χ2v) is 6.54. The summed E-state index contributed by atoms with van der Waals surface area (Å²) in [7, 11) is 0. The molecule has 1 aliphatic carbocycles. The molecule has 0 amide bonds. The number of hydrogen-bond donors (Lipinski definition) is 1. The molecule has 0 radical (unpaired) electrons. The van der Waals surface area contributed by atoms with Crippen molar-refractivity contribution in [1.82, 2.24) is 5.32 Å². The fraction of sp³-hybridized carbons (Fsp3) is 0.600. The Morgan fingerprint density at radius 3 is 2.79 bits per heavy atom. The van der Waals surface area contributed by atoms with Crippen molar-refractivity contribution in [2.45, 2.75) is 45.1 Å². The first-order valence-corrected chi connectivity index (χ1v) is 8.17. The van der Waals surface area contributed by atoms with Crippen molar-refractivity contribution in [2.75, 3.05) is 6.54 Å². The molecule has 1 aromatic rings. The van der Waals surface area contributed by atoms with Gasteiger partial charge in [-0.1, -0.05) is 43.9 Å². The summed E-state index contributed by atoms with van der Waals surface area (Å²) >= 11 is 9.26. The van der Waals surface area contributed by atoms with Crippen molar-refractivity contribution in [3.8, 4) is 0 Å². The van der Waals surface area contributed by atoms with E-state index in [1.807, 2.05) is 12.1 Å². The minimum atomic E-state index is -0.288. The fourth-order valence-electron chi connectivity index (χ4n) is 2.51. The normalized spacial score (nSPS) is 17.3. The molecule has 0 aliphatic heterocycles. The molecule has 2 rings (SSSR count). The molecule has 1 aliphatic rings. The summed E-state index contributed by atoms with van der Waals surface area (Å²) in [5.41, 5.74) is 0.702. The molecule has 1 nitrogen and oxygen atoms in total. The van der Waals surface area contributed by atoms with Gasteiger partial charge in [-0.25, -0.2) is 4.39 Å². The van der Waals surface area contributed by atoms with Crippen LogP contribution in [0.3, 0.4) is 0 Å². The van der Waals surface area contributed by atoms with Crippen molar-refractivity contribution >= 4 is 27.5 Å². The average Bonchev–Trinajstić information content (AvgIpc) is 2.35. The van der Waals surface area contributed by atoms with Crippen molar-refractivity contribution in [2.24, 2.45) is 5.92 Å². The number of nitrogens with one attached hydrogen (secondary N) is 1. The lowest BCUT2D eigenvalue weighted by Gasteiger charge is -2.30. The summed E-state index contributed by atoms with van der Waals surface area (Å²) in [5, 5.41) is 3.65. The van der Waals surface area contributed by atoms with E-state index in [0.717, 1.165) is 25.3 Å². The average molecular weight is 349 g/mol. The zero-order chi connectivity index (χ0) is 13.8. The molecule has 1 fully saturated rings. The number of hydrogen-bond acceptors (Lipinski definition) is 1. The van der Waals surface area contributed by atoms with E-state index in [1.165, 1.54) is 19.3 Å². The van der Waals surface area contributed by atoms with Gasteiger partial charge in [-0.3, -0.25) is 0 Å². The molecular formula is C15H20BrClFN. The van der Waals surface area contributed by atoms with Gasteiger partial charge < -0.3 is 5.32 Å². The Bertz CT molecular complexity index is 434. The molecule has 1 aromatic carbocycles. The van der Waals surface area contributed by atoms with Crippen LogP contribution in [0.25, 0.3) is 0 Å². The lowest BCUT2D eigenvalue weighted by molar-refractivity contribution is 0.259. The Hall–Kier alpha value is -0.120. The highest BCUT2D eigenvalue weighted by molar-refractivity contribution is 9.10. The Kier molecular flexibility index (Phi) is 5.67. The lowest BCUT2D eigenvalue weighted by atomic mass is 9.79. The molecule has 106 valence electrons. The Morgan fingerprint density at radius 1 is 1.47 bits per heavy atom. The van der Waals surface area contributed by atoms with Crippen LogP contribution in [0, 0.1) is 11.7 Å². The topological polar surface area (TPSA) is 12.0 Å². The van der Waals surface area contributed by atoms with Gasteiger partial charge in [-0.05, 0) is 47.3 Å². The molecule has 1 atom stereocenters. The molecule has 0 bridgehead atoms. The fourth-order valence-corrected chi connectivity index (χ4v) is 2.99. The van der Waals surface area contributed by atoms with Gasteiger partial charge in [0.1, 0.15) is 5.82 Å². The first-order chi connectivity index (χ1) is 9.13. The monoisotopic (exact) mass is 347 g/mol. The minimum absolute atomic E-state index is 0.0795. The maximum absolute atomic E-state index is 14.3. The predicted molar refractivity (Wildman–Crippen MR) is 82.1 cm³/mol. The third kappa shape index (κ3) is 3.71. The first-order valence-electron chi connectivity index (χ1n) is 7.00. The van der Waals surface area contributed by atoms with E-state index in [2.05, 4.69) is 28.2 Å². The minimum Gasteiger partial charge on any atom is -0.310 e. The Balaban J connectivity index is 2.18. The van der Waals surface area contributed by atoms with Crippen molar-refractivity contribution < 1.29 is 4.39 Å². The number of benzene rings is 1. The molecule has 0 spiro atoms. The van der Waals surface area contributed by atoms with E-state index in [-0.39, 0.29) is 16.9 Å². The quantitative estimate of drug-likeness (QED) is 0.672. The molecule has 0 saturated heterocycles. The highest BCUT2D eigenvalue weighted by Crippen LogP contribution is 2.37. The molecule has 0 heterocycles. The van der Waals surface area contributed by atoms with Gasteiger partial charge in [0.05, 0.1) is 5.02 Å². The number of rotatable bonds is 6. The number of halogens is 3. The highest BCUT2D eigenvalue weighted by Gasteiger charge is 2.25. The zero-order valence-corrected chi connectivity index (χ0v) is 13.5. The molecule has 0 aromatic heterocycles. The standard InChI is InChI=1S/C15H20BrClFN/c1-2-8-19-13(9-10-4-3-5-10)11-6-7-12(16)14(17)15(11)18/h6-7,10,13,19H,2-5,8-9H2,1H3. The van der Waals surface area contributed by atoms with Gasteiger partial charge in [0.2, 0.25) is 0 Å². The van der Waals surface area contributed by atoms with Crippen molar-refractivity contribution in [3.63, 3.8) is 0 Å². The highest BCUT2D eigenvalue weighted by atomic mass is 79.9. The third-order valence-electron chi connectivity index (χ3n) is 3.87. The van der Waals surface area contributed by atoms with Gasteiger partial charge in [-0.2, -0.15) is 0 Å².